The Kier molecular flexibility index (Phi) is 8.71. The Labute approximate surface area is 116 Å². The van der Waals surface area contributed by atoms with E-state index in [0.717, 1.165) is 25.8 Å². The molecule has 1 nitrogen and oxygen atoms in total. The lowest BCUT2D eigenvalue weighted by Gasteiger charge is -2.33. The summed E-state index contributed by atoms with van der Waals surface area (Å²) < 4.78 is 37.7. The van der Waals surface area contributed by atoms with Gasteiger partial charge in [-0.25, -0.2) is 0 Å². The van der Waals surface area contributed by atoms with Gasteiger partial charge in [0.15, 0.2) is 0 Å². The second-order valence-electron chi connectivity index (χ2n) is 5.97. The first-order valence-corrected chi connectivity index (χ1v) is 7.53. The normalized spacial score (nSPS) is 16.1. The zero-order valence-corrected chi connectivity index (χ0v) is 13.1. The Morgan fingerprint density at radius 3 is 1.95 bits per heavy atom. The minimum Gasteiger partial charge on any atom is -0.300 e. The lowest BCUT2D eigenvalue weighted by molar-refractivity contribution is -0.172. The van der Waals surface area contributed by atoms with Crippen LogP contribution in [-0.4, -0.2) is 30.2 Å². The van der Waals surface area contributed by atoms with Crippen molar-refractivity contribution in [3.63, 3.8) is 0 Å². The van der Waals surface area contributed by atoms with Gasteiger partial charge in [-0.2, -0.15) is 13.2 Å². The van der Waals surface area contributed by atoms with Gasteiger partial charge >= 0.3 is 6.18 Å². The summed E-state index contributed by atoms with van der Waals surface area (Å²) in [5.74, 6) is -0.714. The summed E-state index contributed by atoms with van der Waals surface area (Å²) in [5, 5.41) is 0. The lowest BCUT2D eigenvalue weighted by Crippen LogP contribution is -2.39. The van der Waals surface area contributed by atoms with Crippen LogP contribution in [-0.2, 0) is 0 Å². The van der Waals surface area contributed by atoms with E-state index < -0.39 is 12.1 Å². The van der Waals surface area contributed by atoms with Crippen molar-refractivity contribution >= 4 is 0 Å². The topological polar surface area (TPSA) is 3.24 Å². The molecule has 0 aliphatic heterocycles. The van der Waals surface area contributed by atoms with Gasteiger partial charge < -0.3 is 4.90 Å². The van der Waals surface area contributed by atoms with Gasteiger partial charge in [-0.3, -0.25) is 0 Å². The molecule has 0 saturated heterocycles. The first-order chi connectivity index (χ1) is 8.72. The molecule has 0 N–H and O–H groups in total. The Balaban J connectivity index is 4.50. The van der Waals surface area contributed by atoms with Gasteiger partial charge in [-0.05, 0) is 31.7 Å². The van der Waals surface area contributed by atoms with Crippen molar-refractivity contribution in [1.82, 2.24) is 4.90 Å². The minimum absolute atomic E-state index is 0.205. The summed E-state index contributed by atoms with van der Waals surface area (Å²) in [7, 11) is 0. The molecule has 0 radical (unpaired) electrons. The molecule has 0 rings (SSSR count). The Morgan fingerprint density at radius 1 is 1.00 bits per heavy atom. The molecule has 2 atom stereocenters. The van der Waals surface area contributed by atoms with E-state index >= 15 is 0 Å². The predicted molar refractivity (Wildman–Crippen MR) is 75.2 cm³/mol. The quantitative estimate of drug-likeness (QED) is 0.567. The number of alkyl halides is 3. The van der Waals surface area contributed by atoms with Crippen molar-refractivity contribution in [2.45, 2.75) is 72.5 Å². The van der Waals surface area contributed by atoms with Crippen LogP contribution < -0.4 is 0 Å². The number of halogens is 3. The summed E-state index contributed by atoms with van der Waals surface area (Å²) in [4.78, 5) is 2.26. The molecule has 2 unspecified atom stereocenters. The average Bonchev–Trinajstić information content (AvgIpc) is 2.29. The summed E-state index contributed by atoms with van der Waals surface area (Å²) >= 11 is 0. The third kappa shape index (κ3) is 7.81. The molecule has 0 fully saturated rings. The minimum atomic E-state index is -4.06. The molecule has 0 aromatic heterocycles. The smallest absolute Gasteiger partial charge is 0.300 e. The maximum atomic E-state index is 12.6. The predicted octanol–water partition coefficient (Wildman–Crippen LogP) is 5.11. The van der Waals surface area contributed by atoms with Crippen LogP contribution in [0.15, 0.2) is 0 Å². The highest BCUT2D eigenvalue weighted by molar-refractivity contribution is 4.74. The second kappa shape index (κ2) is 8.83. The van der Waals surface area contributed by atoms with Crippen LogP contribution in [0.3, 0.4) is 0 Å². The fraction of sp³-hybridized carbons (Fsp3) is 1.00. The molecule has 0 amide bonds. The molecule has 0 bridgehead atoms. The summed E-state index contributed by atoms with van der Waals surface area (Å²) in [6.07, 6.45) is -0.682. The standard InChI is InChI=1S/C15H30F3N/c1-6-8-14(7-2)19(11-12(3)4)10-9-13(5)15(16,17)18/h12-14H,6-11H2,1-5H3. The Morgan fingerprint density at radius 2 is 1.58 bits per heavy atom. The zero-order valence-electron chi connectivity index (χ0n) is 13.1. The van der Waals surface area contributed by atoms with Crippen LogP contribution in [0, 0.1) is 11.8 Å². The molecule has 0 aliphatic carbocycles. The summed E-state index contributed by atoms with van der Waals surface area (Å²) in [6.45, 7) is 11.2. The average molecular weight is 281 g/mol. The summed E-state index contributed by atoms with van der Waals surface area (Å²) in [5.41, 5.74) is 0. The Hall–Kier alpha value is -0.250. The number of nitrogens with zero attached hydrogens (tertiary/aromatic N) is 1. The van der Waals surface area contributed by atoms with Gasteiger partial charge in [0.25, 0.3) is 0 Å². The monoisotopic (exact) mass is 281 g/mol. The van der Waals surface area contributed by atoms with Gasteiger partial charge in [-0.1, -0.05) is 41.0 Å². The van der Waals surface area contributed by atoms with Crippen molar-refractivity contribution < 1.29 is 13.2 Å². The van der Waals surface area contributed by atoms with Crippen molar-refractivity contribution in [2.24, 2.45) is 11.8 Å². The van der Waals surface area contributed by atoms with Crippen molar-refractivity contribution in [3.8, 4) is 0 Å². The highest BCUT2D eigenvalue weighted by Gasteiger charge is 2.35. The molecule has 116 valence electrons. The van der Waals surface area contributed by atoms with Gasteiger partial charge in [-0.15, -0.1) is 0 Å². The van der Waals surface area contributed by atoms with Crippen molar-refractivity contribution in [3.05, 3.63) is 0 Å². The molecule has 19 heavy (non-hydrogen) atoms. The van der Waals surface area contributed by atoms with Crippen LogP contribution in [0.1, 0.15) is 60.3 Å². The number of rotatable bonds is 9. The maximum absolute atomic E-state index is 12.6. The van der Waals surface area contributed by atoms with E-state index in [1.54, 1.807) is 0 Å². The molecule has 0 heterocycles. The van der Waals surface area contributed by atoms with Crippen molar-refractivity contribution in [1.29, 1.82) is 0 Å². The molecule has 0 spiro atoms. The molecule has 0 aromatic rings. The lowest BCUT2D eigenvalue weighted by atomic mass is 10.0. The van der Waals surface area contributed by atoms with Gasteiger partial charge in [0.1, 0.15) is 0 Å². The molecule has 0 saturated carbocycles. The van der Waals surface area contributed by atoms with E-state index in [4.69, 9.17) is 0 Å². The van der Waals surface area contributed by atoms with E-state index in [9.17, 15) is 13.2 Å². The van der Waals surface area contributed by atoms with Crippen LogP contribution in [0.25, 0.3) is 0 Å². The maximum Gasteiger partial charge on any atom is 0.391 e. The zero-order chi connectivity index (χ0) is 15.1. The van der Waals surface area contributed by atoms with E-state index in [-0.39, 0.29) is 6.42 Å². The van der Waals surface area contributed by atoms with E-state index in [1.165, 1.54) is 6.92 Å². The number of hydrogen-bond acceptors (Lipinski definition) is 1. The van der Waals surface area contributed by atoms with Crippen molar-refractivity contribution in [2.75, 3.05) is 13.1 Å². The first kappa shape index (κ1) is 18.8. The first-order valence-electron chi connectivity index (χ1n) is 7.53. The molecular formula is C15H30F3N. The van der Waals surface area contributed by atoms with Crippen LogP contribution in [0.5, 0.6) is 0 Å². The third-order valence-electron chi connectivity index (χ3n) is 3.62. The second-order valence-corrected chi connectivity index (χ2v) is 5.97. The summed E-state index contributed by atoms with van der Waals surface area (Å²) in [6, 6.07) is 0.424. The Bertz CT molecular complexity index is 226. The van der Waals surface area contributed by atoms with Gasteiger partial charge in [0, 0.05) is 12.6 Å². The van der Waals surface area contributed by atoms with Crippen LogP contribution >= 0.6 is 0 Å². The van der Waals surface area contributed by atoms with E-state index in [0.29, 0.717) is 18.5 Å². The van der Waals surface area contributed by atoms with Crippen LogP contribution in [0.4, 0.5) is 13.2 Å². The van der Waals surface area contributed by atoms with E-state index in [1.807, 2.05) is 0 Å². The molecule has 0 aromatic carbocycles. The molecule has 4 heteroatoms. The third-order valence-corrected chi connectivity index (χ3v) is 3.62. The van der Waals surface area contributed by atoms with E-state index in [2.05, 4.69) is 32.6 Å². The SMILES string of the molecule is CCCC(CC)N(CCC(C)C(F)(F)F)CC(C)C. The number of hydrogen-bond donors (Lipinski definition) is 0. The largest absolute Gasteiger partial charge is 0.391 e. The highest BCUT2D eigenvalue weighted by atomic mass is 19.4. The fourth-order valence-corrected chi connectivity index (χ4v) is 2.39. The van der Waals surface area contributed by atoms with Gasteiger partial charge in [0.2, 0.25) is 0 Å². The fourth-order valence-electron chi connectivity index (χ4n) is 2.39. The highest BCUT2D eigenvalue weighted by Crippen LogP contribution is 2.29. The molecule has 0 aliphatic rings. The van der Waals surface area contributed by atoms with Gasteiger partial charge in [0.05, 0.1) is 5.92 Å². The molecular weight excluding hydrogens is 251 g/mol. The van der Waals surface area contributed by atoms with Crippen LogP contribution in [0.2, 0.25) is 0 Å².